The Morgan fingerprint density at radius 3 is 2.81 bits per heavy atom. The summed E-state index contributed by atoms with van der Waals surface area (Å²) in [6.07, 6.45) is 3.64. The molecule has 0 bridgehead atoms. The van der Waals surface area contributed by atoms with Crippen LogP contribution in [0.3, 0.4) is 0 Å². The second kappa shape index (κ2) is 7.15. The third-order valence-electron chi connectivity index (χ3n) is 2.86. The Morgan fingerprint density at radius 1 is 1.38 bits per heavy atom. The van der Waals surface area contributed by atoms with Crippen molar-refractivity contribution in [1.29, 1.82) is 0 Å². The van der Waals surface area contributed by atoms with Crippen LogP contribution < -0.4 is 5.32 Å². The number of nitrogens with one attached hydrogen (secondary N) is 1. The monoisotopic (exact) mass is 282 g/mol. The summed E-state index contributed by atoms with van der Waals surface area (Å²) >= 11 is 0. The van der Waals surface area contributed by atoms with Gasteiger partial charge in [0.1, 0.15) is 0 Å². The van der Waals surface area contributed by atoms with Gasteiger partial charge < -0.3 is 10.2 Å². The van der Waals surface area contributed by atoms with E-state index in [0.29, 0.717) is 13.1 Å². The molecule has 5 heteroatoms. The largest absolute Gasteiger partial charge is 0.327 e. The fraction of sp³-hybridized carbons (Fsp3) is 0.250. The summed E-state index contributed by atoms with van der Waals surface area (Å²) in [6.45, 7) is 0.844. The number of carbonyl (C=O) groups excluding carboxylic acids is 1. The number of amides is 2. The molecule has 0 unspecified atom stereocenters. The van der Waals surface area contributed by atoms with Gasteiger partial charge in [0, 0.05) is 31.4 Å². The lowest BCUT2D eigenvalue weighted by atomic mass is 10.2. The van der Waals surface area contributed by atoms with Crippen molar-refractivity contribution in [2.75, 3.05) is 13.6 Å². The topological polar surface area (TPSA) is 50.2 Å². The second-order valence-electron chi connectivity index (χ2n) is 4.70. The van der Waals surface area contributed by atoms with E-state index in [1.807, 2.05) is 43.6 Å². The molecule has 2 aromatic rings. The standard InChI is InChI=1S/C16H18N4O/c1-19(12-15-11-18-20(2)13-15)16(21)17-10-6-9-14-7-4-3-5-8-14/h3-5,7-8,11,13H,10,12H2,1-2H3,(H,17,21). The first-order valence-electron chi connectivity index (χ1n) is 6.65. The van der Waals surface area contributed by atoms with Gasteiger partial charge in [-0.05, 0) is 12.1 Å². The normalized spacial score (nSPS) is 9.62. The van der Waals surface area contributed by atoms with Crippen LogP contribution in [0.1, 0.15) is 11.1 Å². The number of rotatable bonds is 3. The first kappa shape index (κ1) is 14.7. The van der Waals surface area contributed by atoms with Crippen molar-refractivity contribution in [3.05, 3.63) is 53.9 Å². The molecule has 1 heterocycles. The summed E-state index contributed by atoms with van der Waals surface area (Å²) in [6, 6.07) is 9.53. The molecule has 0 aliphatic heterocycles. The molecule has 1 aromatic carbocycles. The maximum atomic E-state index is 11.9. The highest BCUT2D eigenvalue weighted by atomic mass is 16.2. The van der Waals surface area contributed by atoms with E-state index in [4.69, 9.17) is 0 Å². The number of carbonyl (C=O) groups is 1. The van der Waals surface area contributed by atoms with Crippen LogP contribution in [-0.2, 0) is 13.6 Å². The number of benzene rings is 1. The number of hydrogen-bond acceptors (Lipinski definition) is 2. The van der Waals surface area contributed by atoms with E-state index in [-0.39, 0.29) is 6.03 Å². The minimum atomic E-state index is -0.152. The van der Waals surface area contributed by atoms with Crippen LogP contribution in [-0.4, -0.2) is 34.3 Å². The molecule has 0 saturated carbocycles. The molecule has 0 aliphatic rings. The molecule has 0 aliphatic carbocycles. The van der Waals surface area contributed by atoms with Crippen LogP contribution in [0.5, 0.6) is 0 Å². The molecular formula is C16H18N4O. The lowest BCUT2D eigenvalue weighted by Gasteiger charge is -2.15. The van der Waals surface area contributed by atoms with Crippen molar-refractivity contribution in [3.63, 3.8) is 0 Å². The highest BCUT2D eigenvalue weighted by Gasteiger charge is 2.08. The van der Waals surface area contributed by atoms with Crippen molar-refractivity contribution >= 4 is 6.03 Å². The molecule has 0 saturated heterocycles. The number of hydrogen-bond donors (Lipinski definition) is 1. The van der Waals surface area contributed by atoms with E-state index in [2.05, 4.69) is 22.3 Å². The van der Waals surface area contributed by atoms with Gasteiger partial charge in [0.2, 0.25) is 0 Å². The Hall–Kier alpha value is -2.74. The van der Waals surface area contributed by atoms with Gasteiger partial charge in [-0.15, -0.1) is 0 Å². The summed E-state index contributed by atoms with van der Waals surface area (Å²) < 4.78 is 1.71. The van der Waals surface area contributed by atoms with E-state index in [1.54, 1.807) is 22.8 Å². The first-order valence-corrected chi connectivity index (χ1v) is 6.65. The number of urea groups is 1. The zero-order chi connectivity index (χ0) is 15.1. The van der Waals surface area contributed by atoms with Crippen molar-refractivity contribution in [1.82, 2.24) is 20.0 Å². The molecule has 21 heavy (non-hydrogen) atoms. The van der Waals surface area contributed by atoms with Crippen molar-refractivity contribution < 1.29 is 4.79 Å². The zero-order valence-electron chi connectivity index (χ0n) is 12.2. The minimum Gasteiger partial charge on any atom is -0.327 e. The molecule has 108 valence electrons. The van der Waals surface area contributed by atoms with Gasteiger partial charge in [0.15, 0.2) is 0 Å². The van der Waals surface area contributed by atoms with Gasteiger partial charge in [-0.25, -0.2) is 4.79 Å². The van der Waals surface area contributed by atoms with Gasteiger partial charge in [0.25, 0.3) is 0 Å². The summed E-state index contributed by atoms with van der Waals surface area (Å²) in [7, 11) is 3.59. The average molecular weight is 282 g/mol. The molecule has 1 aromatic heterocycles. The van der Waals surface area contributed by atoms with Crippen LogP contribution in [0.2, 0.25) is 0 Å². The summed E-state index contributed by atoms with van der Waals surface area (Å²) in [5.74, 6) is 5.93. The molecule has 0 fully saturated rings. The molecule has 1 N–H and O–H groups in total. The summed E-state index contributed by atoms with van der Waals surface area (Å²) in [5.41, 5.74) is 1.93. The zero-order valence-corrected chi connectivity index (χ0v) is 12.2. The fourth-order valence-electron chi connectivity index (χ4n) is 1.82. The van der Waals surface area contributed by atoms with Crippen molar-refractivity contribution in [2.24, 2.45) is 7.05 Å². The van der Waals surface area contributed by atoms with Crippen LogP contribution in [0.15, 0.2) is 42.7 Å². The Balaban J connectivity index is 1.78. The van der Waals surface area contributed by atoms with Crippen LogP contribution in [0, 0.1) is 11.8 Å². The van der Waals surface area contributed by atoms with E-state index < -0.39 is 0 Å². The average Bonchev–Trinajstić information content (AvgIpc) is 2.89. The molecule has 5 nitrogen and oxygen atoms in total. The van der Waals surface area contributed by atoms with Crippen LogP contribution in [0.25, 0.3) is 0 Å². The summed E-state index contributed by atoms with van der Waals surface area (Å²) in [4.78, 5) is 13.5. The van der Waals surface area contributed by atoms with Crippen LogP contribution in [0.4, 0.5) is 4.79 Å². The van der Waals surface area contributed by atoms with E-state index in [0.717, 1.165) is 11.1 Å². The van der Waals surface area contributed by atoms with Crippen molar-refractivity contribution in [3.8, 4) is 11.8 Å². The number of aryl methyl sites for hydroxylation is 1. The third-order valence-corrected chi connectivity index (χ3v) is 2.86. The first-order chi connectivity index (χ1) is 10.1. The lowest BCUT2D eigenvalue weighted by molar-refractivity contribution is 0.208. The molecule has 2 amide bonds. The Kier molecular flexibility index (Phi) is 4.99. The molecular weight excluding hydrogens is 264 g/mol. The predicted octanol–water partition coefficient (Wildman–Crippen LogP) is 1.61. The highest BCUT2D eigenvalue weighted by Crippen LogP contribution is 2.01. The highest BCUT2D eigenvalue weighted by molar-refractivity contribution is 5.74. The smallest absolute Gasteiger partial charge is 0.318 e. The van der Waals surface area contributed by atoms with Gasteiger partial charge in [-0.2, -0.15) is 5.10 Å². The summed E-state index contributed by atoms with van der Waals surface area (Å²) in [5, 5.41) is 6.84. The van der Waals surface area contributed by atoms with Gasteiger partial charge >= 0.3 is 6.03 Å². The van der Waals surface area contributed by atoms with E-state index >= 15 is 0 Å². The maximum absolute atomic E-state index is 11.9. The quantitative estimate of drug-likeness (QED) is 0.870. The molecule has 0 spiro atoms. The number of nitrogens with zero attached hydrogens (tertiary/aromatic N) is 3. The van der Waals surface area contributed by atoms with E-state index in [9.17, 15) is 4.79 Å². The maximum Gasteiger partial charge on any atom is 0.318 e. The minimum absolute atomic E-state index is 0.152. The molecule has 0 atom stereocenters. The molecule has 0 radical (unpaired) electrons. The Morgan fingerprint density at radius 2 is 2.14 bits per heavy atom. The van der Waals surface area contributed by atoms with Gasteiger partial charge in [0.05, 0.1) is 19.3 Å². The number of aromatic nitrogens is 2. The SMILES string of the molecule is CN(Cc1cnn(C)c1)C(=O)NCC#Cc1ccccc1. The van der Waals surface area contributed by atoms with Gasteiger partial charge in [-0.1, -0.05) is 30.0 Å². The van der Waals surface area contributed by atoms with Gasteiger partial charge in [-0.3, -0.25) is 4.68 Å². The predicted molar refractivity (Wildman–Crippen MR) is 81.4 cm³/mol. The molecule has 2 rings (SSSR count). The Bertz CT molecular complexity index is 652. The third kappa shape index (κ3) is 4.69. The van der Waals surface area contributed by atoms with Crippen LogP contribution >= 0.6 is 0 Å². The fourth-order valence-corrected chi connectivity index (χ4v) is 1.82. The Labute approximate surface area is 124 Å². The van der Waals surface area contributed by atoms with E-state index in [1.165, 1.54) is 0 Å². The second-order valence-corrected chi connectivity index (χ2v) is 4.70. The lowest BCUT2D eigenvalue weighted by Crippen LogP contribution is -2.36. The van der Waals surface area contributed by atoms with Crippen molar-refractivity contribution in [2.45, 2.75) is 6.54 Å².